The molecular formula is C20H22N2O4S. The molecule has 27 heavy (non-hydrogen) atoms. The van der Waals surface area contributed by atoms with Crippen LogP contribution in [-0.2, 0) is 9.59 Å². The minimum Gasteiger partial charge on any atom is -0.480 e. The molecule has 2 amide bonds. The van der Waals surface area contributed by atoms with Gasteiger partial charge in [0.05, 0.1) is 12.5 Å². The summed E-state index contributed by atoms with van der Waals surface area (Å²) in [5, 5.41) is 14.6. The zero-order valence-corrected chi connectivity index (χ0v) is 15.7. The van der Waals surface area contributed by atoms with E-state index >= 15 is 0 Å². The number of hydrogen-bond acceptors (Lipinski definition) is 4. The Balaban J connectivity index is 2.12. The molecule has 0 saturated heterocycles. The van der Waals surface area contributed by atoms with Crippen LogP contribution in [0.1, 0.15) is 28.4 Å². The van der Waals surface area contributed by atoms with Crippen LogP contribution >= 0.6 is 11.8 Å². The smallest absolute Gasteiger partial charge is 0.327 e. The highest BCUT2D eigenvalue weighted by Gasteiger charge is 2.23. The van der Waals surface area contributed by atoms with Gasteiger partial charge >= 0.3 is 5.97 Å². The van der Waals surface area contributed by atoms with E-state index in [0.29, 0.717) is 5.56 Å². The number of carbonyl (C=O) groups excluding carboxylic acids is 2. The number of thioether (sulfide) groups is 1. The molecule has 0 heterocycles. The van der Waals surface area contributed by atoms with Crippen molar-refractivity contribution in [2.75, 3.05) is 12.0 Å². The lowest BCUT2D eigenvalue weighted by atomic mass is 10.0. The van der Waals surface area contributed by atoms with Gasteiger partial charge < -0.3 is 15.7 Å². The fraction of sp³-hybridized carbons (Fsp3) is 0.250. The van der Waals surface area contributed by atoms with E-state index in [4.69, 9.17) is 0 Å². The molecule has 0 aliphatic carbocycles. The lowest BCUT2D eigenvalue weighted by Gasteiger charge is -2.20. The molecule has 0 aliphatic rings. The number of carbonyl (C=O) groups is 3. The molecule has 0 spiro atoms. The first-order valence-electron chi connectivity index (χ1n) is 8.43. The summed E-state index contributed by atoms with van der Waals surface area (Å²) in [6, 6.07) is 16.3. The molecular weight excluding hydrogens is 364 g/mol. The van der Waals surface area contributed by atoms with E-state index < -0.39 is 24.0 Å². The molecule has 2 rings (SSSR count). The van der Waals surface area contributed by atoms with Crippen molar-refractivity contribution < 1.29 is 19.5 Å². The van der Waals surface area contributed by atoms with Gasteiger partial charge in [0, 0.05) is 11.3 Å². The van der Waals surface area contributed by atoms with Crippen molar-refractivity contribution in [2.45, 2.75) is 18.5 Å². The molecule has 7 heteroatoms. The number of carboxylic acids is 1. The molecule has 0 radical (unpaired) electrons. The second kappa shape index (κ2) is 10.4. The first-order chi connectivity index (χ1) is 13.0. The van der Waals surface area contributed by atoms with Gasteiger partial charge in [-0.15, -0.1) is 0 Å². The number of benzene rings is 2. The maximum Gasteiger partial charge on any atom is 0.327 e. The molecule has 3 N–H and O–H groups in total. The summed E-state index contributed by atoms with van der Waals surface area (Å²) in [5.41, 5.74) is 1.26. The lowest BCUT2D eigenvalue weighted by Crippen LogP contribution is -2.44. The molecule has 6 nitrogen and oxygen atoms in total. The Bertz CT molecular complexity index is 768. The fourth-order valence-electron chi connectivity index (χ4n) is 2.55. The van der Waals surface area contributed by atoms with Gasteiger partial charge in [-0.25, -0.2) is 4.79 Å². The molecule has 0 saturated carbocycles. The van der Waals surface area contributed by atoms with Gasteiger partial charge in [-0.05, 0) is 24.0 Å². The van der Waals surface area contributed by atoms with Gasteiger partial charge in [-0.2, -0.15) is 11.8 Å². The highest BCUT2D eigenvalue weighted by molar-refractivity contribution is 7.98. The predicted molar refractivity (Wildman–Crippen MR) is 106 cm³/mol. The normalized spacial score (nSPS) is 12.6. The van der Waals surface area contributed by atoms with Crippen LogP contribution in [0.2, 0.25) is 0 Å². The monoisotopic (exact) mass is 386 g/mol. The van der Waals surface area contributed by atoms with Crippen LogP contribution in [0.3, 0.4) is 0 Å². The Kier molecular flexibility index (Phi) is 7.88. The van der Waals surface area contributed by atoms with Gasteiger partial charge in [-0.1, -0.05) is 48.5 Å². The Morgan fingerprint density at radius 2 is 1.56 bits per heavy atom. The number of rotatable bonds is 9. The van der Waals surface area contributed by atoms with E-state index in [2.05, 4.69) is 10.6 Å². The first kappa shape index (κ1) is 20.5. The number of amides is 2. The Morgan fingerprint density at radius 1 is 0.963 bits per heavy atom. The number of nitrogens with one attached hydrogen (secondary N) is 2. The average molecular weight is 386 g/mol. The fourth-order valence-corrected chi connectivity index (χ4v) is 3.11. The summed E-state index contributed by atoms with van der Waals surface area (Å²) in [6.07, 6.45) is 1.72. The van der Waals surface area contributed by atoms with Gasteiger partial charge in [0.25, 0.3) is 5.91 Å². The molecule has 0 aromatic heterocycles. The van der Waals surface area contributed by atoms with Crippen molar-refractivity contribution in [3.05, 3.63) is 71.8 Å². The summed E-state index contributed by atoms with van der Waals surface area (Å²) in [4.78, 5) is 36.1. The van der Waals surface area contributed by atoms with Crippen molar-refractivity contribution >= 4 is 29.5 Å². The number of carboxylic acid groups (broad SMARTS) is 1. The second-order valence-corrected chi connectivity index (χ2v) is 6.83. The minimum atomic E-state index is -1.08. The van der Waals surface area contributed by atoms with Crippen LogP contribution in [0.4, 0.5) is 0 Å². The van der Waals surface area contributed by atoms with E-state index in [1.165, 1.54) is 11.8 Å². The van der Waals surface area contributed by atoms with Gasteiger partial charge in [0.1, 0.15) is 6.04 Å². The van der Waals surface area contributed by atoms with E-state index in [1.54, 1.807) is 30.5 Å². The van der Waals surface area contributed by atoms with Crippen LogP contribution in [0, 0.1) is 0 Å². The standard InChI is InChI=1S/C20H22N2O4S/c1-27-13-17(20(25)26)21-18(23)12-16(14-8-4-2-5-9-14)22-19(24)15-10-6-3-7-11-15/h2-11,16-17H,12-13H2,1H3,(H,21,23)(H,22,24)(H,25,26)/t16-,17-/m0/s1. The summed E-state index contributed by atoms with van der Waals surface area (Å²) in [7, 11) is 0. The summed E-state index contributed by atoms with van der Waals surface area (Å²) < 4.78 is 0. The topological polar surface area (TPSA) is 95.5 Å². The molecule has 2 aromatic carbocycles. The average Bonchev–Trinajstić information content (AvgIpc) is 2.68. The lowest BCUT2D eigenvalue weighted by molar-refractivity contribution is -0.141. The highest BCUT2D eigenvalue weighted by Crippen LogP contribution is 2.18. The SMILES string of the molecule is CSC[C@H](NC(=O)C[C@H](NC(=O)c1ccccc1)c1ccccc1)C(=O)O. The quantitative estimate of drug-likeness (QED) is 0.615. The Labute approximate surface area is 162 Å². The third-order valence-electron chi connectivity index (χ3n) is 3.90. The molecule has 0 bridgehead atoms. The van der Waals surface area contributed by atoms with Crippen LogP contribution in [0.5, 0.6) is 0 Å². The molecule has 2 atom stereocenters. The Hall–Kier alpha value is -2.80. The van der Waals surface area contributed by atoms with Gasteiger partial charge in [0.15, 0.2) is 0 Å². The maximum atomic E-state index is 12.5. The molecule has 2 aromatic rings. The minimum absolute atomic E-state index is 0.0548. The summed E-state index contributed by atoms with van der Waals surface area (Å²) >= 11 is 1.34. The van der Waals surface area contributed by atoms with Gasteiger partial charge in [-0.3, -0.25) is 9.59 Å². The van der Waals surface area contributed by atoms with Crippen LogP contribution in [0.25, 0.3) is 0 Å². The summed E-state index contributed by atoms with van der Waals surface area (Å²) in [5.74, 6) is -1.54. The van der Waals surface area contributed by atoms with Crippen molar-refractivity contribution in [3.63, 3.8) is 0 Å². The second-order valence-electron chi connectivity index (χ2n) is 5.92. The number of hydrogen-bond donors (Lipinski definition) is 3. The van der Waals surface area contributed by atoms with Crippen LogP contribution < -0.4 is 10.6 Å². The van der Waals surface area contributed by atoms with Crippen molar-refractivity contribution in [1.82, 2.24) is 10.6 Å². The zero-order chi connectivity index (χ0) is 19.6. The Morgan fingerprint density at radius 3 is 2.11 bits per heavy atom. The highest BCUT2D eigenvalue weighted by atomic mass is 32.2. The number of aliphatic carboxylic acids is 1. The largest absolute Gasteiger partial charge is 0.480 e. The molecule has 0 fully saturated rings. The van der Waals surface area contributed by atoms with Crippen LogP contribution in [0.15, 0.2) is 60.7 Å². The van der Waals surface area contributed by atoms with E-state index in [0.717, 1.165) is 5.56 Å². The maximum absolute atomic E-state index is 12.5. The van der Waals surface area contributed by atoms with Crippen molar-refractivity contribution in [2.24, 2.45) is 0 Å². The zero-order valence-electron chi connectivity index (χ0n) is 14.9. The van der Waals surface area contributed by atoms with E-state index in [9.17, 15) is 19.5 Å². The van der Waals surface area contributed by atoms with Gasteiger partial charge in [0.2, 0.25) is 5.91 Å². The third kappa shape index (κ3) is 6.45. The molecule has 142 valence electrons. The predicted octanol–water partition coefficient (Wildman–Crippen LogP) is 2.48. The van der Waals surface area contributed by atoms with E-state index in [-0.39, 0.29) is 18.1 Å². The summed E-state index contributed by atoms with van der Waals surface area (Å²) in [6.45, 7) is 0. The van der Waals surface area contributed by atoms with Crippen molar-refractivity contribution in [3.8, 4) is 0 Å². The van der Waals surface area contributed by atoms with Crippen LogP contribution in [-0.4, -0.2) is 40.9 Å². The van der Waals surface area contributed by atoms with Crippen molar-refractivity contribution in [1.29, 1.82) is 0 Å². The van der Waals surface area contributed by atoms with E-state index in [1.807, 2.05) is 36.4 Å². The molecule has 0 aliphatic heterocycles. The third-order valence-corrected chi connectivity index (χ3v) is 4.57. The molecule has 0 unspecified atom stereocenters. The first-order valence-corrected chi connectivity index (χ1v) is 9.82.